The van der Waals surface area contributed by atoms with Gasteiger partial charge in [-0.3, -0.25) is 4.79 Å². The van der Waals surface area contributed by atoms with Gasteiger partial charge in [-0.1, -0.05) is 6.42 Å². The second-order valence-electron chi connectivity index (χ2n) is 5.87. The number of carbonyl (C=O) groups excluding carboxylic acids is 1. The number of likely N-dealkylation sites (tertiary alicyclic amines) is 1. The van der Waals surface area contributed by atoms with Crippen LogP contribution < -0.4 is 5.32 Å². The third kappa shape index (κ3) is 2.33. The molecule has 3 nitrogen and oxygen atoms in total. The Bertz CT molecular complexity index is 253. The van der Waals surface area contributed by atoms with Crippen molar-refractivity contribution in [2.24, 2.45) is 0 Å². The van der Waals surface area contributed by atoms with E-state index < -0.39 is 0 Å². The van der Waals surface area contributed by atoms with Crippen LogP contribution in [-0.4, -0.2) is 35.0 Å². The molecule has 1 heterocycles. The van der Waals surface area contributed by atoms with Crippen molar-refractivity contribution in [3.05, 3.63) is 0 Å². The topological polar surface area (TPSA) is 32.3 Å². The second-order valence-corrected chi connectivity index (χ2v) is 5.87. The minimum atomic E-state index is -0.0207. The summed E-state index contributed by atoms with van der Waals surface area (Å²) in [7, 11) is 0. The minimum absolute atomic E-state index is 0.0207. The summed E-state index contributed by atoms with van der Waals surface area (Å²) in [5, 5.41) is 3.59. The Labute approximate surface area is 92.2 Å². The summed E-state index contributed by atoms with van der Waals surface area (Å²) in [6.45, 7) is 7.21. The molecular formula is C12H22N2O. The van der Waals surface area contributed by atoms with Crippen LogP contribution in [0.3, 0.4) is 0 Å². The average molecular weight is 210 g/mol. The van der Waals surface area contributed by atoms with Gasteiger partial charge in [0.1, 0.15) is 0 Å². The first kappa shape index (κ1) is 10.9. The Kier molecular flexibility index (Phi) is 2.75. The molecule has 1 aliphatic carbocycles. The number of hydrogen-bond acceptors (Lipinski definition) is 2. The van der Waals surface area contributed by atoms with Crippen LogP contribution in [0.25, 0.3) is 0 Å². The molecule has 3 heteroatoms. The van der Waals surface area contributed by atoms with Gasteiger partial charge in [0.25, 0.3) is 0 Å². The molecule has 1 atom stereocenters. The molecule has 0 aromatic heterocycles. The van der Waals surface area contributed by atoms with Gasteiger partial charge in [0.15, 0.2) is 0 Å². The lowest BCUT2D eigenvalue weighted by Crippen LogP contribution is -2.46. The van der Waals surface area contributed by atoms with Gasteiger partial charge in [0.2, 0.25) is 5.91 Å². The van der Waals surface area contributed by atoms with Gasteiger partial charge in [-0.2, -0.15) is 0 Å². The lowest BCUT2D eigenvalue weighted by Gasteiger charge is -2.33. The highest BCUT2D eigenvalue weighted by Gasteiger charge is 2.37. The van der Waals surface area contributed by atoms with E-state index in [-0.39, 0.29) is 5.54 Å². The highest BCUT2D eigenvalue weighted by Crippen LogP contribution is 2.25. The van der Waals surface area contributed by atoms with Crippen LogP contribution in [0.1, 0.15) is 46.5 Å². The van der Waals surface area contributed by atoms with Crippen LogP contribution in [0.5, 0.6) is 0 Å². The van der Waals surface area contributed by atoms with E-state index in [0.29, 0.717) is 24.4 Å². The maximum atomic E-state index is 11.8. The largest absolute Gasteiger partial charge is 0.336 e. The molecule has 2 aliphatic rings. The summed E-state index contributed by atoms with van der Waals surface area (Å²) in [5.74, 6) is 0.305. The fourth-order valence-corrected chi connectivity index (χ4v) is 2.38. The van der Waals surface area contributed by atoms with Crippen molar-refractivity contribution in [1.29, 1.82) is 0 Å². The van der Waals surface area contributed by atoms with E-state index in [9.17, 15) is 4.79 Å². The zero-order valence-corrected chi connectivity index (χ0v) is 10.0. The highest BCUT2D eigenvalue weighted by atomic mass is 16.2. The molecule has 0 bridgehead atoms. The lowest BCUT2D eigenvalue weighted by molar-refractivity contribution is -0.131. The minimum Gasteiger partial charge on any atom is -0.336 e. The van der Waals surface area contributed by atoms with E-state index in [1.807, 2.05) is 4.90 Å². The van der Waals surface area contributed by atoms with Crippen molar-refractivity contribution in [1.82, 2.24) is 10.2 Å². The fraction of sp³-hybridized carbons (Fsp3) is 0.917. The summed E-state index contributed by atoms with van der Waals surface area (Å²) < 4.78 is 0. The van der Waals surface area contributed by atoms with Crippen LogP contribution >= 0.6 is 0 Å². The molecule has 0 aromatic rings. The molecule has 1 saturated heterocycles. The van der Waals surface area contributed by atoms with Crippen molar-refractivity contribution >= 4 is 5.91 Å². The normalized spacial score (nSPS) is 28.3. The molecular weight excluding hydrogens is 188 g/mol. The lowest BCUT2D eigenvalue weighted by atomic mass is 9.92. The molecule has 15 heavy (non-hydrogen) atoms. The van der Waals surface area contributed by atoms with Crippen molar-refractivity contribution in [3.8, 4) is 0 Å². The third-order valence-corrected chi connectivity index (χ3v) is 3.51. The van der Waals surface area contributed by atoms with Gasteiger partial charge in [0.05, 0.1) is 0 Å². The van der Waals surface area contributed by atoms with Gasteiger partial charge >= 0.3 is 0 Å². The van der Waals surface area contributed by atoms with Gasteiger partial charge in [0, 0.05) is 30.6 Å². The predicted octanol–water partition coefficient (Wildman–Crippen LogP) is 1.53. The van der Waals surface area contributed by atoms with E-state index in [4.69, 9.17) is 0 Å². The molecule has 0 aromatic carbocycles. The van der Waals surface area contributed by atoms with Crippen molar-refractivity contribution in [3.63, 3.8) is 0 Å². The molecule has 86 valence electrons. The Morgan fingerprint density at radius 2 is 1.93 bits per heavy atom. The molecule has 2 rings (SSSR count). The Morgan fingerprint density at radius 3 is 2.33 bits per heavy atom. The van der Waals surface area contributed by atoms with Crippen molar-refractivity contribution in [2.75, 3.05) is 6.54 Å². The van der Waals surface area contributed by atoms with Gasteiger partial charge in [-0.05, 0) is 33.6 Å². The summed E-state index contributed by atoms with van der Waals surface area (Å²) in [4.78, 5) is 13.8. The van der Waals surface area contributed by atoms with Crippen LogP contribution in [0.4, 0.5) is 0 Å². The Morgan fingerprint density at radius 1 is 1.27 bits per heavy atom. The van der Waals surface area contributed by atoms with Crippen LogP contribution in [-0.2, 0) is 4.79 Å². The van der Waals surface area contributed by atoms with E-state index >= 15 is 0 Å². The Balaban J connectivity index is 1.88. The monoisotopic (exact) mass is 210 g/mol. The average Bonchev–Trinajstić information content (AvgIpc) is 2.38. The zero-order valence-electron chi connectivity index (χ0n) is 10.0. The SMILES string of the molecule is CC(C)(C)N1CC(NC2CCC2)CC1=O. The molecule has 1 aliphatic heterocycles. The number of amides is 1. The molecule has 1 amide bonds. The third-order valence-electron chi connectivity index (χ3n) is 3.51. The van der Waals surface area contributed by atoms with E-state index in [2.05, 4.69) is 26.1 Å². The van der Waals surface area contributed by atoms with Crippen molar-refractivity contribution < 1.29 is 4.79 Å². The summed E-state index contributed by atoms with van der Waals surface area (Å²) in [6, 6.07) is 1.07. The van der Waals surface area contributed by atoms with E-state index in [1.165, 1.54) is 19.3 Å². The number of hydrogen-bond donors (Lipinski definition) is 1. The second kappa shape index (κ2) is 3.78. The number of rotatable bonds is 2. The predicted molar refractivity (Wildman–Crippen MR) is 60.6 cm³/mol. The first-order valence-electron chi connectivity index (χ1n) is 6.03. The first-order valence-corrected chi connectivity index (χ1v) is 6.03. The van der Waals surface area contributed by atoms with E-state index in [0.717, 1.165) is 6.54 Å². The van der Waals surface area contributed by atoms with Gasteiger partial charge in [-0.25, -0.2) is 0 Å². The summed E-state index contributed by atoms with van der Waals surface area (Å²) in [6.07, 6.45) is 4.62. The molecule has 1 N–H and O–H groups in total. The van der Waals surface area contributed by atoms with Crippen molar-refractivity contribution in [2.45, 2.75) is 64.1 Å². The van der Waals surface area contributed by atoms with Crippen LogP contribution in [0, 0.1) is 0 Å². The summed E-state index contributed by atoms with van der Waals surface area (Å²) >= 11 is 0. The molecule has 0 spiro atoms. The molecule has 0 radical (unpaired) electrons. The quantitative estimate of drug-likeness (QED) is 0.749. The van der Waals surface area contributed by atoms with E-state index in [1.54, 1.807) is 0 Å². The first-order chi connectivity index (χ1) is 6.97. The summed E-state index contributed by atoms with van der Waals surface area (Å²) in [5.41, 5.74) is -0.0207. The van der Waals surface area contributed by atoms with Crippen LogP contribution in [0.2, 0.25) is 0 Å². The zero-order chi connectivity index (χ0) is 11.1. The maximum absolute atomic E-state index is 11.8. The molecule has 1 saturated carbocycles. The standard InChI is InChI=1S/C12H22N2O/c1-12(2,3)14-8-10(7-11(14)15)13-9-5-4-6-9/h9-10,13H,4-8H2,1-3H3. The molecule has 1 unspecified atom stereocenters. The smallest absolute Gasteiger partial charge is 0.224 e. The molecule has 2 fully saturated rings. The highest BCUT2D eigenvalue weighted by molar-refractivity contribution is 5.80. The van der Waals surface area contributed by atoms with Crippen LogP contribution in [0.15, 0.2) is 0 Å². The number of nitrogens with one attached hydrogen (secondary N) is 1. The Hall–Kier alpha value is -0.570. The maximum Gasteiger partial charge on any atom is 0.224 e. The number of carbonyl (C=O) groups is 1. The van der Waals surface area contributed by atoms with Gasteiger partial charge in [-0.15, -0.1) is 0 Å². The van der Waals surface area contributed by atoms with Gasteiger partial charge < -0.3 is 10.2 Å². The number of nitrogens with zero attached hydrogens (tertiary/aromatic N) is 1. The fourth-order valence-electron chi connectivity index (χ4n) is 2.38.